The third-order valence-corrected chi connectivity index (χ3v) is 2.09. The Hall–Kier alpha value is -0.830. The van der Waals surface area contributed by atoms with Crippen LogP contribution in [-0.4, -0.2) is 36.5 Å². The first-order valence-electron chi connectivity index (χ1n) is 4.66. The molecule has 2 unspecified atom stereocenters. The molecule has 0 spiro atoms. The van der Waals surface area contributed by atoms with Crippen LogP contribution >= 0.6 is 0 Å². The van der Waals surface area contributed by atoms with Crippen LogP contribution in [0.2, 0.25) is 0 Å². The Morgan fingerprint density at radius 3 is 2.54 bits per heavy atom. The Morgan fingerprint density at radius 2 is 2.15 bits per heavy atom. The van der Waals surface area contributed by atoms with Crippen molar-refractivity contribution in [1.29, 1.82) is 0 Å². The largest absolute Gasteiger partial charge is 0.345 e. The van der Waals surface area contributed by atoms with E-state index in [2.05, 4.69) is 11.9 Å². The van der Waals surface area contributed by atoms with E-state index >= 15 is 0 Å². The Kier molecular flexibility index (Phi) is 5.39. The lowest BCUT2D eigenvalue weighted by atomic mass is 10.2. The minimum Gasteiger partial charge on any atom is -0.345 e. The van der Waals surface area contributed by atoms with Crippen LogP contribution in [-0.2, 0) is 4.79 Å². The molecule has 0 aliphatic rings. The molecule has 2 atom stereocenters. The van der Waals surface area contributed by atoms with Gasteiger partial charge in [-0.15, -0.1) is 6.58 Å². The summed E-state index contributed by atoms with van der Waals surface area (Å²) < 4.78 is 0. The predicted molar refractivity (Wildman–Crippen MR) is 55.6 cm³/mol. The highest BCUT2D eigenvalue weighted by Gasteiger charge is 2.16. The maximum Gasteiger partial charge on any atom is 0.239 e. The average molecular weight is 184 g/mol. The SMILES string of the molecule is C=CC(C)NC(C)C(=O)N(C)CC. The third kappa shape index (κ3) is 4.08. The number of likely N-dealkylation sites (N-methyl/N-ethyl adjacent to an activating group) is 1. The minimum atomic E-state index is -0.141. The molecular weight excluding hydrogens is 164 g/mol. The van der Waals surface area contributed by atoms with Gasteiger partial charge in [0.25, 0.3) is 0 Å². The third-order valence-electron chi connectivity index (χ3n) is 2.09. The van der Waals surface area contributed by atoms with Gasteiger partial charge in [-0.3, -0.25) is 4.79 Å². The number of carbonyl (C=O) groups excluding carboxylic acids is 1. The Morgan fingerprint density at radius 1 is 1.62 bits per heavy atom. The molecule has 0 aliphatic heterocycles. The highest BCUT2D eigenvalue weighted by Crippen LogP contribution is 1.94. The van der Waals surface area contributed by atoms with Crippen molar-refractivity contribution in [3.8, 4) is 0 Å². The molecule has 0 rings (SSSR count). The highest BCUT2D eigenvalue weighted by molar-refractivity contribution is 5.81. The van der Waals surface area contributed by atoms with Gasteiger partial charge in [-0.1, -0.05) is 6.08 Å². The second-order valence-corrected chi connectivity index (χ2v) is 3.27. The van der Waals surface area contributed by atoms with E-state index in [0.29, 0.717) is 0 Å². The van der Waals surface area contributed by atoms with E-state index in [1.165, 1.54) is 0 Å². The quantitative estimate of drug-likeness (QED) is 0.647. The molecule has 3 heteroatoms. The number of hydrogen-bond donors (Lipinski definition) is 1. The van der Waals surface area contributed by atoms with Crippen LogP contribution in [0.1, 0.15) is 20.8 Å². The van der Waals surface area contributed by atoms with Crippen LogP contribution in [0.5, 0.6) is 0 Å². The number of amides is 1. The van der Waals surface area contributed by atoms with Crippen LogP contribution in [0.25, 0.3) is 0 Å². The molecule has 0 aliphatic carbocycles. The van der Waals surface area contributed by atoms with E-state index in [-0.39, 0.29) is 18.0 Å². The number of hydrogen-bond acceptors (Lipinski definition) is 2. The van der Waals surface area contributed by atoms with E-state index in [0.717, 1.165) is 6.54 Å². The number of nitrogens with zero attached hydrogens (tertiary/aromatic N) is 1. The van der Waals surface area contributed by atoms with Crippen molar-refractivity contribution in [3.63, 3.8) is 0 Å². The van der Waals surface area contributed by atoms with Crippen molar-refractivity contribution in [3.05, 3.63) is 12.7 Å². The van der Waals surface area contributed by atoms with E-state index in [1.807, 2.05) is 20.8 Å². The lowest BCUT2D eigenvalue weighted by Gasteiger charge is -2.22. The monoisotopic (exact) mass is 184 g/mol. The Bertz CT molecular complexity index is 180. The van der Waals surface area contributed by atoms with Gasteiger partial charge in [0.2, 0.25) is 5.91 Å². The highest BCUT2D eigenvalue weighted by atomic mass is 16.2. The first-order valence-corrected chi connectivity index (χ1v) is 4.66. The standard InChI is InChI=1S/C10H20N2O/c1-6-8(3)11-9(4)10(13)12(5)7-2/h6,8-9,11H,1,7H2,2-5H3. The first-order chi connectivity index (χ1) is 6.02. The van der Waals surface area contributed by atoms with E-state index in [1.54, 1.807) is 18.0 Å². The molecule has 1 amide bonds. The summed E-state index contributed by atoms with van der Waals surface area (Å²) in [6, 6.07) is 0.0298. The number of nitrogens with one attached hydrogen (secondary N) is 1. The zero-order chi connectivity index (χ0) is 10.4. The molecule has 3 nitrogen and oxygen atoms in total. The fourth-order valence-corrected chi connectivity index (χ4v) is 1.02. The van der Waals surface area contributed by atoms with E-state index < -0.39 is 0 Å². The van der Waals surface area contributed by atoms with Gasteiger partial charge in [0.1, 0.15) is 0 Å². The van der Waals surface area contributed by atoms with Crippen molar-refractivity contribution in [1.82, 2.24) is 10.2 Å². The summed E-state index contributed by atoms with van der Waals surface area (Å²) in [6.07, 6.45) is 1.79. The van der Waals surface area contributed by atoms with Gasteiger partial charge >= 0.3 is 0 Å². The molecule has 0 bridgehead atoms. The second-order valence-electron chi connectivity index (χ2n) is 3.27. The summed E-state index contributed by atoms with van der Waals surface area (Å²) >= 11 is 0. The Labute approximate surface area is 80.8 Å². The predicted octanol–water partition coefficient (Wildman–Crippen LogP) is 1.02. The van der Waals surface area contributed by atoms with Gasteiger partial charge in [0, 0.05) is 19.6 Å². The maximum atomic E-state index is 11.6. The van der Waals surface area contributed by atoms with Crippen molar-refractivity contribution in [2.75, 3.05) is 13.6 Å². The van der Waals surface area contributed by atoms with Gasteiger partial charge in [0.05, 0.1) is 6.04 Å². The molecule has 0 fully saturated rings. The van der Waals surface area contributed by atoms with Gasteiger partial charge in [0.15, 0.2) is 0 Å². The topological polar surface area (TPSA) is 32.3 Å². The Balaban J connectivity index is 4.02. The summed E-state index contributed by atoms with van der Waals surface area (Å²) in [7, 11) is 1.80. The summed E-state index contributed by atoms with van der Waals surface area (Å²) in [5.41, 5.74) is 0. The molecule has 0 aromatic rings. The molecular formula is C10H20N2O. The molecule has 0 aromatic carbocycles. The molecule has 0 saturated heterocycles. The molecule has 13 heavy (non-hydrogen) atoms. The molecule has 0 radical (unpaired) electrons. The smallest absolute Gasteiger partial charge is 0.239 e. The summed E-state index contributed by atoms with van der Waals surface area (Å²) in [4.78, 5) is 13.3. The molecule has 1 N–H and O–H groups in total. The number of carbonyl (C=O) groups is 1. The minimum absolute atomic E-state index is 0.121. The fourth-order valence-electron chi connectivity index (χ4n) is 1.02. The molecule has 0 aromatic heterocycles. The molecule has 0 heterocycles. The summed E-state index contributed by atoms with van der Waals surface area (Å²) in [6.45, 7) is 10.2. The fraction of sp³-hybridized carbons (Fsp3) is 0.700. The van der Waals surface area contributed by atoms with Crippen molar-refractivity contribution in [2.24, 2.45) is 0 Å². The zero-order valence-electron chi connectivity index (χ0n) is 9.00. The van der Waals surface area contributed by atoms with Crippen LogP contribution in [0, 0.1) is 0 Å². The number of rotatable bonds is 5. The molecule has 76 valence electrons. The summed E-state index contributed by atoms with van der Waals surface area (Å²) in [5, 5.41) is 3.14. The van der Waals surface area contributed by atoms with Gasteiger partial charge in [-0.2, -0.15) is 0 Å². The van der Waals surface area contributed by atoms with Crippen LogP contribution < -0.4 is 5.32 Å². The van der Waals surface area contributed by atoms with Gasteiger partial charge in [-0.25, -0.2) is 0 Å². The van der Waals surface area contributed by atoms with E-state index in [9.17, 15) is 4.79 Å². The normalized spacial score (nSPS) is 14.8. The van der Waals surface area contributed by atoms with Crippen LogP contribution in [0.4, 0.5) is 0 Å². The van der Waals surface area contributed by atoms with Crippen molar-refractivity contribution >= 4 is 5.91 Å². The van der Waals surface area contributed by atoms with Crippen molar-refractivity contribution < 1.29 is 4.79 Å². The second kappa shape index (κ2) is 5.75. The maximum absolute atomic E-state index is 11.6. The summed E-state index contributed by atoms with van der Waals surface area (Å²) in [5.74, 6) is 0.121. The lowest BCUT2D eigenvalue weighted by Crippen LogP contribution is -2.45. The van der Waals surface area contributed by atoms with Crippen LogP contribution in [0.3, 0.4) is 0 Å². The molecule has 0 saturated carbocycles. The van der Waals surface area contributed by atoms with E-state index in [4.69, 9.17) is 0 Å². The van der Waals surface area contributed by atoms with Crippen molar-refractivity contribution in [2.45, 2.75) is 32.9 Å². The van der Waals surface area contributed by atoms with Crippen LogP contribution in [0.15, 0.2) is 12.7 Å². The van der Waals surface area contributed by atoms with Gasteiger partial charge in [-0.05, 0) is 20.8 Å². The van der Waals surface area contributed by atoms with Gasteiger partial charge < -0.3 is 10.2 Å². The lowest BCUT2D eigenvalue weighted by molar-refractivity contribution is -0.131. The first kappa shape index (κ1) is 12.2. The average Bonchev–Trinajstić information content (AvgIpc) is 2.14. The zero-order valence-corrected chi connectivity index (χ0v) is 9.00.